The molecule has 1 saturated heterocycles. The Kier molecular flexibility index (Phi) is 7.63. The van der Waals surface area contributed by atoms with Crippen molar-refractivity contribution in [2.45, 2.75) is 6.42 Å². The number of rotatable bonds is 7. The number of hydrogen-bond acceptors (Lipinski definition) is 5. The van der Waals surface area contributed by atoms with Crippen LogP contribution in [0.3, 0.4) is 0 Å². The van der Waals surface area contributed by atoms with Crippen molar-refractivity contribution in [1.29, 1.82) is 0 Å². The number of hydrogen-bond donors (Lipinski definition) is 0. The van der Waals surface area contributed by atoms with Crippen LogP contribution in [0.2, 0.25) is 0 Å². The van der Waals surface area contributed by atoms with Gasteiger partial charge in [-0.3, -0.25) is 14.5 Å². The van der Waals surface area contributed by atoms with E-state index in [4.69, 9.17) is 9.47 Å². The van der Waals surface area contributed by atoms with E-state index in [2.05, 4.69) is 4.90 Å². The van der Waals surface area contributed by atoms with Crippen molar-refractivity contribution >= 4 is 23.5 Å². The van der Waals surface area contributed by atoms with Gasteiger partial charge >= 0.3 is 5.97 Å². The van der Waals surface area contributed by atoms with E-state index in [-0.39, 0.29) is 11.9 Å². The summed E-state index contributed by atoms with van der Waals surface area (Å²) in [6, 6.07) is 17.4. The second-order valence-corrected chi connectivity index (χ2v) is 7.13. The number of para-hydroxylation sites is 1. The number of benzene rings is 2. The van der Waals surface area contributed by atoms with Crippen LogP contribution in [0.4, 0.5) is 0 Å². The number of nitrogens with zero attached hydrogens (tertiary/aromatic N) is 2. The van der Waals surface area contributed by atoms with Crippen LogP contribution in [0, 0.1) is 0 Å². The maximum absolute atomic E-state index is 13.4. The zero-order chi connectivity index (χ0) is 21.3. The van der Waals surface area contributed by atoms with Crippen molar-refractivity contribution in [3.8, 4) is 5.75 Å². The molecule has 0 aliphatic carbocycles. The number of amides is 1. The van der Waals surface area contributed by atoms with Crippen molar-refractivity contribution < 1.29 is 19.1 Å². The van der Waals surface area contributed by atoms with Crippen LogP contribution in [-0.4, -0.2) is 68.6 Å². The molecule has 1 heterocycles. The minimum absolute atomic E-state index is 0.000256. The quantitative estimate of drug-likeness (QED) is 0.401. The zero-order valence-electron chi connectivity index (χ0n) is 17.5. The summed E-state index contributed by atoms with van der Waals surface area (Å²) in [7, 11) is 3.03. The lowest BCUT2D eigenvalue weighted by Gasteiger charge is -2.35. The Morgan fingerprint density at radius 3 is 2.27 bits per heavy atom. The van der Waals surface area contributed by atoms with Crippen LogP contribution in [0.15, 0.2) is 54.6 Å². The predicted octanol–water partition coefficient (Wildman–Crippen LogP) is 2.94. The second kappa shape index (κ2) is 10.6. The lowest BCUT2D eigenvalue weighted by atomic mass is 10.0. The highest BCUT2D eigenvalue weighted by Gasteiger charge is 2.25. The van der Waals surface area contributed by atoms with Gasteiger partial charge in [0.2, 0.25) is 0 Å². The van der Waals surface area contributed by atoms with Gasteiger partial charge in [0.1, 0.15) is 5.75 Å². The van der Waals surface area contributed by atoms with E-state index < -0.39 is 0 Å². The number of ether oxygens (including phenoxy) is 2. The molecule has 0 saturated carbocycles. The summed E-state index contributed by atoms with van der Waals surface area (Å²) in [5.74, 6) is 0.519. The summed E-state index contributed by atoms with van der Waals surface area (Å²) in [5.41, 5.74) is 2.38. The Morgan fingerprint density at radius 2 is 1.60 bits per heavy atom. The second-order valence-electron chi connectivity index (χ2n) is 7.13. The van der Waals surface area contributed by atoms with Crippen molar-refractivity contribution in [3.05, 3.63) is 65.7 Å². The Morgan fingerprint density at radius 1 is 0.933 bits per heavy atom. The molecule has 158 valence electrons. The van der Waals surface area contributed by atoms with E-state index in [1.807, 2.05) is 65.6 Å². The molecule has 0 N–H and O–H groups in total. The molecular weight excluding hydrogens is 380 g/mol. The molecule has 0 unspecified atom stereocenters. The molecule has 2 aromatic carbocycles. The summed E-state index contributed by atoms with van der Waals surface area (Å²) in [6.45, 7) is 3.36. The molecule has 0 spiro atoms. The highest BCUT2D eigenvalue weighted by atomic mass is 16.5. The molecule has 3 rings (SSSR count). The number of carbonyl (C=O) groups is 2. The Hall–Kier alpha value is -3.12. The van der Waals surface area contributed by atoms with Gasteiger partial charge in [-0.25, -0.2) is 0 Å². The van der Waals surface area contributed by atoms with Crippen LogP contribution in [0.5, 0.6) is 5.75 Å². The van der Waals surface area contributed by atoms with Crippen LogP contribution < -0.4 is 4.74 Å². The van der Waals surface area contributed by atoms with Gasteiger partial charge in [0, 0.05) is 43.9 Å². The van der Waals surface area contributed by atoms with Crippen molar-refractivity contribution in [2.75, 3.05) is 46.9 Å². The smallest absolute Gasteiger partial charge is 0.306 e. The third kappa shape index (κ3) is 5.48. The van der Waals surface area contributed by atoms with E-state index >= 15 is 0 Å². The molecule has 1 aliphatic heterocycles. The van der Waals surface area contributed by atoms with Gasteiger partial charge < -0.3 is 14.4 Å². The van der Waals surface area contributed by atoms with Gasteiger partial charge in [-0.1, -0.05) is 48.5 Å². The van der Waals surface area contributed by atoms with Crippen molar-refractivity contribution in [2.24, 2.45) is 0 Å². The molecule has 0 radical (unpaired) electrons. The molecule has 1 amide bonds. The van der Waals surface area contributed by atoms with Crippen molar-refractivity contribution in [1.82, 2.24) is 9.80 Å². The van der Waals surface area contributed by atoms with Gasteiger partial charge in [0.15, 0.2) is 0 Å². The van der Waals surface area contributed by atoms with Gasteiger partial charge in [-0.15, -0.1) is 0 Å². The summed E-state index contributed by atoms with van der Waals surface area (Å²) in [5, 5.41) is 0. The fourth-order valence-electron chi connectivity index (χ4n) is 3.52. The van der Waals surface area contributed by atoms with E-state index in [9.17, 15) is 9.59 Å². The highest BCUT2D eigenvalue weighted by molar-refractivity contribution is 6.24. The molecule has 0 bridgehead atoms. The summed E-state index contributed by atoms with van der Waals surface area (Å²) in [6.07, 6.45) is 2.27. The van der Waals surface area contributed by atoms with Gasteiger partial charge in [-0.2, -0.15) is 0 Å². The van der Waals surface area contributed by atoms with E-state index in [1.54, 1.807) is 7.11 Å². The van der Waals surface area contributed by atoms with Crippen LogP contribution >= 0.6 is 0 Å². The molecular formula is C24H28N2O4. The highest BCUT2D eigenvalue weighted by Crippen LogP contribution is 2.26. The van der Waals surface area contributed by atoms with E-state index in [0.717, 1.165) is 30.0 Å². The Labute approximate surface area is 177 Å². The first kappa shape index (κ1) is 21.6. The SMILES string of the molecule is COC(=O)CCN1CCN(C(=O)/C(=C/c2ccccc2OC)c2ccccc2)CC1. The number of piperazine rings is 1. The lowest BCUT2D eigenvalue weighted by molar-refractivity contribution is -0.141. The zero-order valence-corrected chi connectivity index (χ0v) is 17.5. The minimum atomic E-state index is -0.209. The maximum Gasteiger partial charge on any atom is 0.306 e. The first-order valence-electron chi connectivity index (χ1n) is 10.1. The molecule has 1 fully saturated rings. The third-order valence-corrected chi connectivity index (χ3v) is 5.27. The number of esters is 1. The summed E-state index contributed by atoms with van der Waals surface area (Å²) < 4.78 is 10.2. The van der Waals surface area contributed by atoms with E-state index in [0.29, 0.717) is 31.6 Å². The monoisotopic (exact) mass is 408 g/mol. The van der Waals surface area contributed by atoms with Crippen LogP contribution in [0.25, 0.3) is 11.6 Å². The van der Waals surface area contributed by atoms with Gasteiger partial charge in [0.25, 0.3) is 5.91 Å². The predicted molar refractivity (Wildman–Crippen MR) is 117 cm³/mol. The Balaban J connectivity index is 1.77. The first-order chi connectivity index (χ1) is 14.6. The Bertz CT molecular complexity index is 887. The fourth-order valence-corrected chi connectivity index (χ4v) is 3.52. The number of carbonyl (C=O) groups excluding carboxylic acids is 2. The fraction of sp³-hybridized carbons (Fsp3) is 0.333. The average molecular weight is 408 g/mol. The topological polar surface area (TPSA) is 59.1 Å². The minimum Gasteiger partial charge on any atom is -0.496 e. The first-order valence-corrected chi connectivity index (χ1v) is 10.1. The van der Waals surface area contributed by atoms with Crippen LogP contribution in [0.1, 0.15) is 17.5 Å². The lowest BCUT2D eigenvalue weighted by Crippen LogP contribution is -2.49. The average Bonchev–Trinajstić information content (AvgIpc) is 2.81. The van der Waals surface area contributed by atoms with Gasteiger partial charge in [-0.05, 0) is 17.7 Å². The number of methoxy groups -OCH3 is 2. The molecule has 0 atom stereocenters. The van der Waals surface area contributed by atoms with Crippen molar-refractivity contribution in [3.63, 3.8) is 0 Å². The molecule has 2 aromatic rings. The van der Waals surface area contributed by atoms with E-state index in [1.165, 1.54) is 7.11 Å². The largest absolute Gasteiger partial charge is 0.496 e. The molecule has 6 heteroatoms. The van der Waals surface area contributed by atoms with Gasteiger partial charge in [0.05, 0.1) is 20.6 Å². The summed E-state index contributed by atoms with van der Waals surface area (Å²) in [4.78, 5) is 28.9. The summed E-state index contributed by atoms with van der Waals surface area (Å²) >= 11 is 0. The molecule has 6 nitrogen and oxygen atoms in total. The third-order valence-electron chi connectivity index (χ3n) is 5.27. The maximum atomic E-state index is 13.4. The molecule has 30 heavy (non-hydrogen) atoms. The normalized spacial score (nSPS) is 15.0. The standard InChI is InChI=1S/C24H28N2O4/c1-29-22-11-7-6-10-20(22)18-21(19-8-4-3-5-9-19)24(28)26-16-14-25(15-17-26)13-12-23(27)30-2/h3-11,18H,12-17H2,1-2H3/b21-18+. The van der Waals surface area contributed by atoms with Crippen LogP contribution in [-0.2, 0) is 14.3 Å². The molecule has 1 aliphatic rings. The molecule has 0 aromatic heterocycles.